The predicted octanol–water partition coefficient (Wildman–Crippen LogP) is 2.95. The van der Waals surface area contributed by atoms with Gasteiger partial charge in [0.2, 0.25) is 5.91 Å². The number of hydrogen-bond acceptors (Lipinski definition) is 2. The molecule has 0 bridgehead atoms. The number of anilines is 1. The predicted molar refractivity (Wildman–Crippen MR) is 70.3 cm³/mol. The number of hydrogen-bond donors (Lipinski definition) is 2. The fraction of sp³-hybridized carbons (Fsp3) is 0.462. The molecule has 1 aromatic carbocycles. The lowest BCUT2D eigenvalue weighted by Crippen LogP contribution is -2.50. The smallest absolute Gasteiger partial charge is 0.244 e. The Balaban J connectivity index is 2.15. The van der Waals surface area contributed by atoms with Gasteiger partial charge in [-0.1, -0.05) is 18.5 Å². The van der Waals surface area contributed by atoms with Crippen LogP contribution in [0.5, 0.6) is 0 Å². The first-order chi connectivity index (χ1) is 8.55. The molecular weight excluding hydrogens is 255 g/mol. The van der Waals surface area contributed by atoms with Crippen molar-refractivity contribution in [1.82, 2.24) is 5.32 Å². The van der Waals surface area contributed by atoms with Crippen LogP contribution in [0.2, 0.25) is 5.02 Å². The van der Waals surface area contributed by atoms with Gasteiger partial charge in [0, 0.05) is 10.7 Å². The molecule has 0 aliphatic carbocycles. The molecule has 0 aromatic heterocycles. The van der Waals surface area contributed by atoms with E-state index in [4.69, 9.17) is 11.6 Å². The van der Waals surface area contributed by atoms with Crippen LogP contribution in [0.3, 0.4) is 0 Å². The molecule has 1 aliphatic heterocycles. The van der Waals surface area contributed by atoms with Crippen LogP contribution in [-0.2, 0) is 4.79 Å². The van der Waals surface area contributed by atoms with Gasteiger partial charge in [0.1, 0.15) is 5.82 Å². The second kappa shape index (κ2) is 5.24. The Labute approximate surface area is 111 Å². The van der Waals surface area contributed by atoms with Gasteiger partial charge >= 0.3 is 0 Å². The topological polar surface area (TPSA) is 41.1 Å². The monoisotopic (exact) mass is 270 g/mol. The van der Waals surface area contributed by atoms with Crippen molar-refractivity contribution in [1.29, 1.82) is 0 Å². The summed E-state index contributed by atoms with van der Waals surface area (Å²) in [7, 11) is 0. The Bertz CT molecular complexity index is 438. The molecule has 1 atom stereocenters. The van der Waals surface area contributed by atoms with E-state index in [1.807, 2.05) is 6.92 Å². The van der Waals surface area contributed by atoms with Crippen molar-refractivity contribution < 1.29 is 9.18 Å². The number of carbonyl (C=O) groups excluding carboxylic acids is 1. The third-order valence-electron chi connectivity index (χ3n) is 3.40. The third kappa shape index (κ3) is 2.65. The van der Waals surface area contributed by atoms with Gasteiger partial charge in [-0.3, -0.25) is 4.79 Å². The first-order valence-electron chi connectivity index (χ1n) is 6.08. The Morgan fingerprint density at radius 1 is 1.56 bits per heavy atom. The number of rotatable bonds is 3. The first-order valence-corrected chi connectivity index (χ1v) is 6.46. The third-order valence-corrected chi connectivity index (χ3v) is 3.62. The van der Waals surface area contributed by atoms with E-state index in [2.05, 4.69) is 10.6 Å². The van der Waals surface area contributed by atoms with Crippen LogP contribution in [0, 0.1) is 5.82 Å². The van der Waals surface area contributed by atoms with Gasteiger partial charge in [-0.05, 0) is 44.0 Å². The second-order valence-electron chi connectivity index (χ2n) is 4.58. The molecule has 18 heavy (non-hydrogen) atoms. The van der Waals surface area contributed by atoms with Crippen LogP contribution in [-0.4, -0.2) is 18.0 Å². The van der Waals surface area contributed by atoms with Gasteiger partial charge < -0.3 is 10.6 Å². The summed E-state index contributed by atoms with van der Waals surface area (Å²) in [6, 6.07) is 4.02. The maximum absolute atomic E-state index is 13.2. The Morgan fingerprint density at radius 3 is 2.89 bits per heavy atom. The Hall–Kier alpha value is -1.13. The van der Waals surface area contributed by atoms with Gasteiger partial charge in [0.15, 0.2) is 0 Å². The summed E-state index contributed by atoms with van der Waals surface area (Å²) in [5, 5.41) is 6.24. The highest BCUT2D eigenvalue weighted by Crippen LogP contribution is 2.26. The van der Waals surface area contributed by atoms with Gasteiger partial charge in [-0.2, -0.15) is 0 Å². The molecule has 98 valence electrons. The quantitative estimate of drug-likeness (QED) is 0.887. The zero-order valence-corrected chi connectivity index (χ0v) is 11.0. The lowest BCUT2D eigenvalue weighted by molar-refractivity contribution is -0.122. The van der Waals surface area contributed by atoms with Crippen molar-refractivity contribution in [3.05, 3.63) is 29.0 Å². The average molecular weight is 271 g/mol. The average Bonchev–Trinajstić information content (AvgIpc) is 2.77. The molecule has 3 nitrogen and oxygen atoms in total. The molecule has 2 N–H and O–H groups in total. The van der Waals surface area contributed by atoms with E-state index in [-0.39, 0.29) is 10.9 Å². The number of amides is 1. The first kappa shape index (κ1) is 13.3. The van der Waals surface area contributed by atoms with Gasteiger partial charge in [-0.15, -0.1) is 0 Å². The van der Waals surface area contributed by atoms with Crippen LogP contribution in [0.1, 0.15) is 26.2 Å². The summed E-state index contributed by atoms with van der Waals surface area (Å²) >= 11 is 5.75. The minimum atomic E-state index is -0.529. The van der Waals surface area contributed by atoms with Crippen LogP contribution < -0.4 is 10.6 Å². The molecule has 1 aromatic rings. The number of carbonyl (C=O) groups is 1. The van der Waals surface area contributed by atoms with Crippen molar-refractivity contribution in [3.8, 4) is 0 Å². The molecule has 1 unspecified atom stereocenters. The van der Waals surface area contributed by atoms with E-state index < -0.39 is 11.4 Å². The van der Waals surface area contributed by atoms with E-state index in [9.17, 15) is 9.18 Å². The molecule has 1 saturated heterocycles. The number of nitrogens with one attached hydrogen (secondary N) is 2. The maximum Gasteiger partial charge on any atom is 0.244 e. The lowest BCUT2D eigenvalue weighted by Gasteiger charge is -2.26. The van der Waals surface area contributed by atoms with E-state index in [1.54, 1.807) is 6.07 Å². The Kier molecular flexibility index (Phi) is 3.88. The van der Waals surface area contributed by atoms with Gasteiger partial charge in [0.05, 0.1) is 5.54 Å². The summed E-state index contributed by atoms with van der Waals surface area (Å²) in [6.45, 7) is 2.81. The normalized spacial score (nSPS) is 23.1. The summed E-state index contributed by atoms with van der Waals surface area (Å²) < 4.78 is 13.2. The van der Waals surface area contributed by atoms with E-state index in [0.29, 0.717) is 12.1 Å². The molecule has 1 aliphatic rings. The van der Waals surface area contributed by atoms with Crippen molar-refractivity contribution in [2.75, 3.05) is 11.9 Å². The summed E-state index contributed by atoms with van der Waals surface area (Å²) in [5.74, 6) is -0.577. The summed E-state index contributed by atoms with van der Waals surface area (Å²) in [6.07, 6.45) is 2.49. The molecule has 0 spiro atoms. The van der Waals surface area contributed by atoms with Gasteiger partial charge in [-0.25, -0.2) is 4.39 Å². The second-order valence-corrected chi connectivity index (χ2v) is 5.01. The Morgan fingerprint density at radius 2 is 2.33 bits per heavy atom. The zero-order valence-electron chi connectivity index (χ0n) is 10.2. The molecule has 0 radical (unpaired) electrons. The summed E-state index contributed by atoms with van der Waals surface area (Å²) in [4.78, 5) is 12.3. The van der Waals surface area contributed by atoms with Crippen LogP contribution in [0.15, 0.2) is 18.2 Å². The molecular formula is C13H16ClFN2O. The maximum atomic E-state index is 13.2. The molecule has 1 heterocycles. The molecule has 5 heteroatoms. The number of halogens is 2. The fourth-order valence-electron chi connectivity index (χ4n) is 2.34. The standard InChI is InChI=1S/C13H16ClFN2O/c1-2-13(4-3-5-16-13)12(18)17-11-7-9(14)6-10(15)8-11/h6-8,16H,2-5H2,1H3,(H,17,18). The van der Waals surface area contributed by atoms with Crippen LogP contribution >= 0.6 is 11.6 Å². The molecule has 0 saturated carbocycles. The minimum absolute atomic E-state index is 0.121. The van der Waals surface area contributed by atoms with E-state index in [1.165, 1.54) is 12.1 Å². The summed E-state index contributed by atoms with van der Waals surface area (Å²) in [5.41, 5.74) is -0.134. The van der Waals surface area contributed by atoms with Gasteiger partial charge in [0.25, 0.3) is 0 Å². The van der Waals surface area contributed by atoms with E-state index >= 15 is 0 Å². The largest absolute Gasteiger partial charge is 0.324 e. The fourth-order valence-corrected chi connectivity index (χ4v) is 2.56. The van der Waals surface area contributed by atoms with Crippen molar-refractivity contribution in [3.63, 3.8) is 0 Å². The molecule has 1 fully saturated rings. The van der Waals surface area contributed by atoms with Crippen LogP contribution in [0.25, 0.3) is 0 Å². The SMILES string of the molecule is CCC1(C(=O)Nc2cc(F)cc(Cl)c2)CCCN1. The van der Waals surface area contributed by atoms with Crippen LogP contribution in [0.4, 0.5) is 10.1 Å². The van der Waals surface area contributed by atoms with E-state index in [0.717, 1.165) is 19.4 Å². The van der Waals surface area contributed by atoms with Crippen molar-refractivity contribution >= 4 is 23.2 Å². The molecule has 2 rings (SSSR count). The van der Waals surface area contributed by atoms with Crippen molar-refractivity contribution in [2.45, 2.75) is 31.7 Å². The molecule has 1 amide bonds. The zero-order chi connectivity index (χ0) is 13.2. The number of benzene rings is 1. The lowest BCUT2D eigenvalue weighted by atomic mass is 9.93. The van der Waals surface area contributed by atoms with Crippen molar-refractivity contribution in [2.24, 2.45) is 0 Å². The minimum Gasteiger partial charge on any atom is -0.324 e. The highest BCUT2D eigenvalue weighted by atomic mass is 35.5. The highest BCUT2D eigenvalue weighted by molar-refractivity contribution is 6.30. The highest BCUT2D eigenvalue weighted by Gasteiger charge is 2.39.